The number of alkyl halides is 2. The van der Waals surface area contributed by atoms with Crippen LogP contribution in [0.1, 0.15) is 130 Å². The van der Waals surface area contributed by atoms with Crippen molar-refractivity contribution >= 4 is 88.0 Å². The molecule has 5 heterocycles. The molecule has 9 amide bonds. The van der Waals surface area contributed by atoms with Crippen LogP contribution in [0.2, 0.25) is 0 Å². The van der Waals surface area contributed by atoms with Crippen LogP contribution in [0.15, 0.2) is 84.9 Å². The van der Waals surface area contributed by atoms with Gasteiger partial charge in [0.15, 0.2) is 5.01 Å². The number of nitrogens with one attached hydrogen (secondary N) is 5. The van der Waals surface area contributed by atoms with E-state index < -0.39 is 90.4 Å². The maximum absolute atomic E-state index is 14.6. The van der Waals surface area contributed by atoms with Crippen LogP contribution in [-0.4, -0.2) is 104 Å². The number of aromatic nitrogens is 1. The maximum atomic E-state index is 14.6. The summed E-state index contributed by atoms with van der Waals surface area (Å²) >= 11 is 0.802. The zero-order valence-electron chi connectivity index (χ0n) is 44.1. The number of halogens is 2. The highest BCUT2D eigenvalue weighted by Crippen LogP contribution is 2.59. The molecule has 1 saturated heterocycles. The van der Waals surface area contributed by atoms with Gasteiger partial charge in [0, 0.05) is 55.5 Å². The van der Waals surface area contributed by atoms with Crippen molar-refractivity contribution in [1.82, 2.24) is 36.5 Å². The van der Waals surface area contributed by atoms with Gasteiger partial charge in [0.1, 0.15) is 30.2 Å². The summed E-state index contributed by atoms with van der Waals surface area (Å²) in [5.74, 6) is 0.923. The van der Waals surface area contributed by atoms with Gasteiger partial charge in [-0.2, -0.15) is 8.78 Å². The van der Waals surface area contributed by atoms with E-state index in [0.29, 0.717) is 40.8 Å². The molecule has 25 heteroatoms. The third-order valence-corrected chi connectivity index (χ3v) is 16.9. The Balaban J connectivity index is 0.792. The van der Waals surface area contributed by atoms with Crippen LogP contribution in [0.25, 0.3) is 10.2 Å². The largest absolute Gasteiger partial charge is 0.399 e. The van der Waals surface area contributed by atoms with E-state index in [9.17, 15) is 66.3 Å². The summed E-state index contributed by atoms with van der Waals surface area (Å²) in [6.45, 7) is 0.522. The lowest BCUT2D eigenvalue weighted by Crippen LogP contribution is -2.57. The number of unbranched alkanes of at least 4 members (excludes halogenated alkanes) is 5. The molecule has 5 atom stereocenters. The van der Waals surface area contributed by atoms with Crippen molar-refractivity contribution in [2.75, 3.05) is 11.4 Å². The van der Waals surface area contributed by atoms with Gasteiger partial charge in [-0.1, -0.05) is 91.8 Å². The molecule has 1 aromatic heterocycles. The normalized spacial score (nSPS) is 18.3. The van der Waals surface area contributed by atoms with Gasteiger partial charge >= 0.3 is 13.3 Å². The standard InChI is InChI=1S/C57H58F2N9O12PS/c58-57(59,81(78,79)80)36-21-25-44-41(30-36)64-54(82-44)53(75)63-40-22-20-34-17-11-18-35-29-43(68(48(34)35)56(40)77)51(73)62-39(23-26-45(60)69)49(71)66-47(33-14-8-6-9-15-33)52(74)61-28-10-5-3-1-2-4-7-13-32-16-12-19-37-38(32)31-67(55(37)76)42-24-27-46(70)65-50(42)72/h6,8-9,11-12,14-19,21,25,30,39-40,42-43,47H,1-5,10,20,22-24,26-29,31H2,(H2,60,69)(H,61,74)(H,62,73)(H,63,75)(H,66,71)(H,65,70,72)(H2,78,79,80)/t39-,40-,42?,43-,47-/m0/s1. The smallest absolute Gasteiger partial charge is 0.370 e. The van der Waals surface area contributed by atoms with E-state index in [2.05, 4.69) is 43.4 Å². The molecule has 0 saturated carbocycles. The molecular weight excluding hydrogens is 1100 g/mol. The summed E-state index contributed by atoms with van der Waals surface area (Å²) in [7, 11) is -5.90. The molecule has 1 fully saturated rings. The number of imide groups is 1. The number of fused-ring (bicyclic) bond motifs is 2. The lowest BCUT2D eigenvalue weighted by molar-refractivity contribution is -0.137. The van der Waals surface area contributed by atoms with Crippen molar-refractivity contribution in [1.29, 1.82) is 0 Å². The number of hydrogen-bond acceptors (Lipinski definition) is 12. The lowest BCUT2D eigenvalue weighted by atomic mass is 10.0. The van der Waals surface area contributed by atoms with Gasteiger partial charge in [0.25, 0.3) is 11.8 Å². The average molecular weight is 1160 g/mol. The zero-order valence-corrected chi connectivity index (χ0v) is 45.8. The molecule has 9 N–H and O–H groups in total. The fourth-order valence-electron chi connectivity index (χ4n) is 10.6. The minimum Gasteiger partial charge on any atom is -0.370 e. The highest BCUT2D eigenvalue weighted by Gasteiger charge is 2.51. The molecule has 4 aliphatic heterocycles. The van der Waals surface area contributed by atoms with E-state index in [-0.39, 0.29) is 85.1 Å². The molecular formula is C57H58F2N9O12PS. The maximum Gasteiger partial charge on any atom is 0.399 e. The van der Waals surface area contributed by atoms with Crippen molar-refractivity contribution in [3.05, 3.63) is 129 Å². The second-order valence-electron chi connectivity index (χ2n) is 20.5. The fourth-order valence-corrected chi connectivity index (χ4v) is 12.0. The predicted octanol–water partition coefficient (Wildman–Crippen LogP) is 4.40. The van der Waals surface area contributed by atoms with Crippen molar-refractivity contribution < 1.29 is 66.3 Å². The summed E-state index contributed by atoms with van der Waals surface area (Å²) in [5, 5.41) is 13.1. The van der Waals surface area contributed by atoms with Crippen LogP contribution in [0, 0.1) is 11.8 Å². The van der Waals surface area contributed by atoms with E-state index >= 15 is 0 Å². The van der Waals surface area contributed by atoms with E-state index in [0.717, 1.165) is 66.3 Å². The molecule has 82 heavy (non-hydrogen) atoms. The molecule has 5 aromatic rings. The molecule has 0 spiro atoms. The van der Waals surface area contributed by atoms with Crippen LogP contribution in [0.4, 0.5) is 14.5 Å². The molecule has 0 aliphatic carbocycles. The van der Waals surface area contributed by atoms with Crippen molar-refractivity contribution in [2.24, 2.45) is 5.73 Å². The Morgan fingerprint density at radius 2 is 1.62 bits per heavy atom. The van der Waals surface area contributed by atoms with Gasteiger partial charge in [-0.3, -0.25) is 57.9 Å². The van der Waals surface area contributed by atoms with Crippen LogP contribution in [-0.2, 0) is 63.2 Å². The number of anilines is 1. The number of nitrogens with zero attached hydrogens (tertiary/aromatic N) is 3. The number of para-hydroxylation sites is 1. The molecule has 0 radical (unpaired) electrons. The first-order valence-electron chi connectivity index (χ1n) is 26.8. The molecule has 0 bridgehead atoms. The summed E-state index contributed by atoms with van der Waals surface area (Å²) < 4.78 is 40.8. The van der Waals surface area contributed by atoms with Crippen molar-refractivity contribution in [3.8, 4) is 11.8 Å². The fraction of sp³-hybridized carbons (Fsp3) is 0.368. The first kappa shape index (κ1) is 58.4. The number of carbonyl (C=O) groups is 9. The molecule has 4 aliphatic rings. The average Bonchev–Trinajstić information content (AvgIpc) is 4.37. The number of aryl methyl sites for hydroxylation is 1. The number of primary amides is 1. The third kappa shape index (κ3) is 12.8. The van der Waals surface area contributed by atoms with Gasteiger partial charge in [0.05, 0.1) is 15.9 Å². The lowest BCUT2D eigenvalue weighted by Gasteiger charge is -2.29. The summed E-state index contributed by atoms with van der Waals surface area (Å²) in [5.41, 5.74) is 4.09. The Kier molecular flexibility index (Phi) is 17.7. The number of amides is 9. The monoisotopic (exact) mass is 1160 g/mol. The number of piperidine rings is 1. The zero-order chi connectivity index (χ0) is 58.5. The summed E-state index contributed by atoms with van der Waals surface area (Å²) in [4.78, 5) is 146. The highest BCUT2D eigenvalue weighted by molar-refractivity contribution is 7.52. The minimum absolute atomic E-state index is 0.0179. The van der Waals surface area contributed by atoms with E-state index in [1.54, 1.807) is 60.7 Å². The Morgan fingerprint density at radius 1 is 0.878 bits per heavy atom. The third-order valence-electron chi connectivity index (χ3n) is 14.9. The summed E-state index contributed by atoms with van der Waals surface area (Å²) in [6.07, 6.45) is 4.78. The SMILES string of the molecule is NC(=O)CC[C@H](NC(=O)[C@@H]1Cc2cccc3c2N1C(=O)[C@@H](NC(=O)c1nc2cc(C(F)(F)P(=O)(O)O)ccc2s1)CC3)C(=O)N[C@H](C(=O)NCCCCCCCC#Cc1cccc2c1CN(C1CCC(=O)NC1=O)C2=O)c1ccccc1. The predicted molar refractivity (Wildman–Crippen MR) is 294 cm³/mol. The Morgan fingerprint density at radius 3 is 2.38 bits per heavy atom. The highest BCUT2D eigenvalue weighted by atomic mass is 32.1. The van der Waals surface area contributed by atoms with Crippen LogP contribution >= 0.6 is 18.9 Å². The topological polar surface area (TPSA) is 317 Å². The van der Waals surface area contributed by atoms with E-state index in [1.165, 1.54) is 9.80 Å². The molecule has 1 unspecified atom stereocenters. The number of hydrogen-bond donors (Lipinski definition) is 8. The first-order valence-corrected chi connectivity index (χ1v) is 29.2. The first-order chi connectivity index (χ1) is 39.2. The van der Waals surface area contributed by atoms with Gasteiger partial charge < -0.3 is 41.7 Å². The number of rotatable bonds is 21. The van der Waals surface area contributed by atoms with Crippen LogP contribution < -0.4 is 37.2 Å². The van der Waals surface area contributed by atoms with Gasteiger partial charge in [-0.15, -0.1) is 11.3 Å². The molecule has 21 nitrogen and oxygen atoms in total. The quantitative estimate of drug-likeness (QED) is 0.0219. The van der Waals surface area contributed by atoms with Crippen LogP contribution in [0.3, 0.4) is 0 Å². The van der Waals surface area contributed by atoms with Crippen molar-refractivity contribution in [3.63, 3.8) is 0 Å². The number of thiazole rings is 1. The molecule has 9 rings (SSSR count). The van der Waals surface area contributed by atoms with Gasteiger partial charge in [-0.25, -0.2) is 4.98 Å². The number of benzene rings is 4. The minimum atomic E-state index is -5.90. The van der Waals surface area contributed by atoms with E-state index in [1.807, 2.05) is 6.07 Å². The Hall–Kier alpha value is -8.23. The number of carbonyl (C=O) groups excluding carboxylic acids is 9. The summed E-state index contributed by atoms with van der Waals surface area (Å²) in [6, 6.07) is 16.0. The van der Waals surface area contributed by atoms with Crippen LogP contribution in [0.5, 0.6) is 0 Å². The molecule has 428 valence electrons. The van der Waals surface area contributed by atoms with Gasteiger partial charge in [-0.05, 0) is 85.0 Å². The van der Waals surface area contributed by atoms with E-state index in [4.69, 9.17) is 5.73 Å². The molecule has 4 aromatic carbocycles. The Bertz CT molecular complexity index is 3510. The Labute approximate surface area is 472 Å². The number of nitrogens with two attached hydrogens (primary N) is 1. The second kappa shape index (κ2) is 24.9. The second-order valence-corrected chi connectivity index (χ2v) is 23.1. The van der Waals surface area contributed by atoms with Crippen molar-refractivity contribution in [2.45, 2.75) is 126 Å². The van der Waals surface area contributed by atoms with Gasteiger partial charge in [0.2, 0.25) is 41.4 Å².